The van der Waals surface area contributed by atoms with E-state index in [-0.39, 0.29) is 23.2 Å². The van der Waals surface area contributed by atoms with Gasteiger partial charge in [-0.25, -0.2) is 8.42 Å². The molecule has 0 saturated carbocycles. The van der Waals surface area contributed by atoms with Crippen molar-refractivity contribution < 1.29 is 22.7 Å². The summed E-state index contributed by atoms with van der Waals surface area (Å²) in [5.74, 6) is -0.486. The van der Waals surface area contributed by atoms with E-state index in [1.807, 2.05) is 20.8 Å². The number of sulfonamides is 1. The molecule has 3 rings (SSSR count). The Hall–Kier alpha value is -2.98. The van der Waals surface area contributed by atoms with Gasteiger partial charge in [0.25, 0.3) is 10.0 Å². The molecule has 3 aromatic carbocycles. The lowest BCUT2D eigenvalue weighted by atomic mass is 10.1. The molecular formula is C30H34Cl3N3O5S. The predicted molar refractivity (Wildman–Crippen MR) is 168 cm³/mol. The predicted octanol–water partition coefficient (Wildman–Crippen LogP) is 6.57. The lowest BCUT2D eigenvalue weighted by Crippen LogP contribution is -2.52. The fraction of sp³-hybridized carbons (Fsp3) is 0.333. The van der Waals surface area contributed by atoms with E-state index < -0.39 is 34.4 Å². The summed E-state index contributed by atoms with van der Waals surface area (Å²) in [5, 5.41) is 3.87. The molecule has 0 aliphatic carbocycles. The van der Waals surface area contributed by atoms with E-state index in [4.69, 9.17) is 39.5 Å². The van der Waals surface area contributed by atoms with Crippen LogP contribution in [0.3, 0.4) is 0 Å². The summed E-state index contributed by atoms with van der Waals surface area (Å²) < 4.78 is 34.4. The second-order valence-corrected chi connectivity index (χ2v) is 12.7. The van der Waals surface area contributed by atoms with Crippen molar-refractivity contribution in [3.8, 4) is 5.75 Å². The number of hydrogen-bond acceptors (Lipinski definition) is 5. The largest absolute Gasteiger partial charge is 0.494 e. The van der Waals surface area contributed by atoms with E-state index in [1.54, 1.807) is 49.4 Å². The zero-order chi connectivity index (χ0) is 31.0. The first kappa shape index (κ1) is 33.5. The quantitative estimate of drug-likeness (QED) is 0.225. The van der Waals surface area contributed by atoms with Crippen molar-refractivity contribution in [1.29, 1.82) is 0 Å². The Morgan fingerprint density at radius 1 is 0.905 bits per heavy atom. The number of anilines is 1. The van der Waals surface area contributed by atoms with Crippen LogP contribution in [0.4, 0.5) is 5.69 Å². The zero-order valence-electron chi connectivity index (χ0n) is 23.8. The molecular weight excluding hydrogens is 621 g/mol. The Morgan fingerprint density at radius 2 is 1.50 bits per heavy atom. The molecule has 3 aromatic rings. The van der Waals surface area contributed by atoms with Crippen molar-refractivity contribution in [1.82, 2.24) is 10.2 Å². The molecule has 2 amide bonds. The summed E-state index contributed by atoms with van der Waals surface area (Å²) in [6.07, 6.45) is 0.688. The van der Waals surface area contributed by atoms with Crippen LogP contribution in [0.2, 0.25) is 15.1 Å². The molecule has 0 saturated heterocycles. The fourth-order valence-electron chi connectivity index (χ4n) is 4.04. The minimum atomic E-state index is -4.25. The van der Waals surface area contributed by atoms with E-state index >= 15 is 0 Å². The number of hydrogen-bond donors (Lipinski definition) is 1. The minimum absolute atomic E-state index is 0.0585. The highest BCUT2D eigenvalue weighted by atomic mass is 35.5. The van der Waals surface area contributed by atoms with Crippen LogP contribution in [0.1, 0.15) is 39.7 Å². The highest BCUT2D eigenvalue weighted by Gasteiger charge is 2.33. The van der Waals surface area contributed by atoms with Crippen LogP contribution >= 0.6 is 34.8 Å². The number of halogens is 3. The average Bonchev–Trinajstić information content (AvgIpc) is 2.96. The molecule has 0 unspecified atom stereocenters. The number of nitrogens with one attached hydrogen (secondary N) is 1. The maximum atomic E-state index is 14.1. The Kier molecular flexibility index (Phi) is 11.9. The number of carbonyl (C=O) groups is 2. The number of nitrogens with zero attached hydrogens (tertiary/aromatic N) is 2. The Morgan fingerprint density at radius 3 is 2.05 bits per heavy atom. The molecule has 0 fully saturated rings. The molecule has 0 aliphatic rings. The normalized spacial score (nSPS) is 12.7. The van der Waals surface area contributed by atoms with Gasteiger partial charge in [-0.1, -0.05) is 47.8 Å². The molecule has 8 nitrogen and oxygen atoms in total. The smallest absolute Gasteiger partial charge is 0.264 e. The summed E-state index contributed by atoms with van der Waals surface area (Å²) >= 11 is 18.9. The first-order valence-electron chi connectivity index (χ1n) is 13.4. The maximum absolute atomic E-state index is 14.1. The summed E-state index contributed by atoms with van der Waals surface area (Å²) in [6, 6.07) is 15.8. The third kappa shape index (κ3) is 8.31. The SMILES string of the molecule is CCOc1ccc(N(CC(=O)N(Cc2c(Cl)cccc2Cl)[C@H](C)C(=O)N[C@H](C)CC)S(=O)(=O)c2ccc(Cl)cc2)cc1. The van der Waals surface area contributed by atoms with Crippen LogP contribution in [-0.4, -0.2) is 50.4 Å². The van der Waals surface area contributed by atoms with Crippen molar-refractivity contribution in [2.45, 2.75) is 57.6 Å². The van der Waals surface area contributed by atoms with Crippen LogP contribution in [0.15, 0.2) is 71.6 Å². The van der Waals surface area contributed by atoms with Crippen molar-refractivity contribution in [3.63, 3.8) is 0 Å². The second-order valence-electron chi connectivity index (χ2n) is 9.61. The lowest BCUT2D eigenvalue weighted by molar-refractivity contribution is -0.139. The van der Waals surface area contributed by atoms with Gasteiger partial charge in [-0.2, -0.15) is 0 Å². The standard InChI is InChI=1S/C30H34Cl3N3O5S/c1-5-20(3)34-30(38)21(4)35(18-26-27(32)8-7-9-28(26)33)29(37)19-36(23-12-14-24(15-13-23)41-6-2)42(39,40)25-16-10-22(31)11-17-25/h7-17,20-21H,5-6,18-19H2,1-4H3,(H,34,38)/t20-,21-/m1/s1. The first-order chi connectivity index (χ1) is 19.9. The molecule has 0 spiro atoms. The number of carbonyl (C=O) groups excluding carboxylic acids is 2. The van der Waals surface area contributed by atoms with Crippen LogP contribution in [0.25, 0.3) is 0 Å². The number of ether oxygens (including phenoxy) is 1. The van der Waals surface area contributed by atoms with Gasteiger partial charge >= 0.3 is 0 Å². The average molecular weight is 655 g/mol. The Labute approximate surface area is 262 Å². The number of rotatable bonds is 13. The summed E-state index contributed by atoms with van der Waals surface area (Å²) in [6.45, 7) is 6.90. The molecule has 0 radical (unpaired) electrons. The van der Waals surface area contributed by atoms with E-state index in [9.17, 15) is 18.0 Å². The second kappa shape index (κ2) is 15.0. The molecule has 0 aliphatic heterocycles. The molecule has 12 heteroatoms. The molecule has 2 atom stereocenters. The third-order valence-corrected chi connectivity index (χ3v) is 9.42. The highest BCUT2D eigenvalue weighted by molar-refractivity contribution is 7.92. The van der Waals surface area contributed by atoms with Crippen molar-refractivity contribution in [2.24, 2.45) is 0 Å². The minimum Gasteiger partial charge on any atom is -0.494 e. The van der Waals surface area contributed by atoms with Gasteiger partial charge in [0.1, 0.15) is 18.3 Å². The molecule has 0 bridgehead atoms. The van der Waals surface area contributed by atoms with Crippen LogP contribution in [0.5, 0.6) is 5.75 Å². The highest BCUT2D eigenvalue weighted by Crippen LogP contribution is 2.29. The topological polar surface area (TPSA) is 96.0 Å². The van der Waals surface area contributed by atoms with Gasteiger partial charge in [0.15, 0.2) is 0 Å². The van der Waals surface area contributed by atoms with Crippen LogP contribution in [0, 0.1) is 0 Å². The van der Waals surface area contributed by atoms with E-state index in [0.717, 1.165) is 4.31 Å². The van der Waals surface area contributed by atoms with Crippen molar-refractivity contribution in [2.75, 3.05) is 17.5 Å². The first-order valence-corrected chi connectivity index (χ1v) is 16.0. The monoisotopic (exact) mass is 653 g/mol. The van der Waals surface area contributed by atoms with Gasteiger partial charge in [0.05, 0.1) is 17.2 Å². The zero-order valence-corrected chi connectivity index (χ0v) is 26.9. The van der Waals surface area contributed by atoms with Crippen molar-refractivity contribution in [3.05, 3.63) is 87.4 Å². The van der Waals surface area contributed by atoms with Crippen LogP contribution in [-0.2, 0) is 26.2 Å². The maximum Gasteiger partial charge on any atom is 0.264 e. The van der Waals surface area contributed by atoms with E-state index in [2.05, 4.69) is 5.32 Å². The summed E-state index contributed by atoms with van der Waals surface area (Å²) in [5.41, 5.74) is 0.666. The van der Waals surface area contributed by atoms with Gasteiger partial charge in [-0.3, -0.25) is 13.9 Å². The van der Waals surface area contributed by atoms with Gasteiger partial charge in [-0.05, 0) is 87.9 Å². The van der Waals surface area contributed by atoms with E-state index in [1.165, 1.54) is 29.2 Å². The molecule has 0 aromatic heterocycles. The Bertz CT molecular complexity index is 1460. The van der Waals surface area contributed by atoms with Crippen molar-refractivity contribution >= 4 is 62.3 Å². The van der Waals surface area contributed by atoms with Gasteiger partial charge in [0, 0.05) is 33.2 Å². The van der Waals surface area contributed by atoms with Gasteiger partial charge in [0.2, 0.25) is 11.8 Å². The lowest BCUT2D eigenvalue weighted by Gasteiger charge is -2.33. The summed E-state index contributed by atoms with van der Waals surface area (Å²) in [7, 11) is -4.25. The third-order valence-electron chi connectivity index (χ3n) is 6.67. The van der Waals surface area contributed by atoms with E-state index in [0.29, 0.717) is 39.4 Å². The van der Waals surface area contributed by atoms with Crippen LogP contribution < -0.4 is 14.4 Å². The summed E-state index contributed by atoms with van der Waals surface area (Å²) in [4.78, 5) is 28.5. The molecule has 226 valence electrons. The number of benzene rings is 3. The Balaban J connectivity index is 2.07. The van der Waals surface area contributed by atoms with Gasteiger partial charge in [-0.15, -0.1) is 0 Å². The fourth-order valence-corrected chi connectivity index (χ4v) is 6.10. The number of amides is 2. The molecule has 0 heterocycles. The molecule has 1 N–H and O–H groups in total. The molecule has 42 heavy (non-hydrogen) atoms. The van der Waals surface area contributed by atoms with Gasteiger partial charge < -0.3 is 15.0 Å².